The number of nitrogens with one attached hydrogen (secondary N) is 1. The van der Waals surface area contributed by atoms with Crippen LogP contribution in [0.2, 0.25) is 5.02 Å². The predicted molar refractivity (Wildman–Crippen MR) is 82.4 cm³/mol. The zero-order chi connectivity index (χ0) is 15.2. The van der Waals surface area contributed by atoms with Gasteiger partial charge in [-0.3, -0.25) is 9.78 Å². The summed E-state index contributed by atoms with van der Waals surface area (Å²) in [5.74, 6) is 0.241. The Morgan fingerprint density at radius 1 is 1.38 bits per heavy atom. The second kappa shape index (κ2) is 7.06. The summed E-state index contributed by atoms with van der Waals surface area (Å²) in [7, 11) is 0. The molecule has 1 heterocycles. The number of amides is 1. The van der Waals surface area contributed by atoms with Crippen molar-refractivity contribution in [2.45, 2.75) is 13.5 Å². The van der Waals surface area contributed by atoms with Crippen molar-refractivity contribution < 1.29 is 9.53 Å². The summed E-state index contributed by atoms with van der Waals surface area (Å²) in [6.45, 7) is 2.01. The number of anilines is 1. The van der Waals surface area contributed by atoms with Gasteiger partial charge in [0.25, 0.3) is 5.91 Å². The molecule has 1 aromatic heterocycles. The SMILES string of the molecule is Cc1ccc(OCC(=O)Nc2cccc(Cl)c2)c(CN)n1. The van der Waals surface area contributed by atoms with Crippen molar-refractivity contribution in [1.29, 1.82) is 0 Å². The van der Waals surface area contributed by atoms with Gasteiger partial charge < -0.3 is 15.8 Å². The molecule has 0 aliphatic carbocycles. The third-order valence-electron chi connectivity index (χ3n) is 2.73. The van der Waals surface area contributed by atoms with Crippen LogP contribution in [0.3, 0.4) is 0 Å². The summed E-state index contributed by atoms with van der Waals surface area (Å²) in [6, 6.07) is 10.5. The lowest BCUT2D eigenvalue weighted by Crippen LogP contribution is -2.21. The van der Waals surface area contributed by atoms with Crippen LogP contribution in [0.15, 0.2) is 36.4 Å². The Balaban J connectivity index is 1.95. The second-order valence-corrected chi connectivity index (χ2v) is 4.89. The Kier molecular flexibility index (Phi) is 5.14. The molecule has 0 unspecified atom stereocenters. The lowest BCUT2D eigenvalue weighted by atomic mass is 10.3. The maximum atomic E-state index is 11.8. The van der Waals surface area contributed by atoms with Crippen molar-refractivity contribution in [2.75, 3.05) is 11.9 Å². The molecule has 0 atom stereocenters. The topological polar surface area (TPSA) is 77.2 Å². The molecule has 2 rings (SSSR count). The molecule has 1 amide bonds. The van der Waals surface area contributed by atoms with E-state index in [1.807, 2.05) is 13.0 Å². The molecular formula is C15H16ClN3O2. The summed E-state index contributed by atoms with van der Waals surface area (Å²) >= 11 is 5.85. The van der Waals surface area contributed by atoms with Gasteiger partial charge in [0, 0.05) is 22.9 Å². The third kappa shape index (κ3) is 4.44. The molecule has 6 heteroatoms. The number of rotatable bonds is 5. The van der Waals surface area contributed by atoms with Crippen LogP contribution in [-0.2, 0) is 11.3 Å². The number of carbonyl (C=O) groups excluding carboxylic acids is 1. The van der Waals surface area contributed by atoms with E-state index >= 15 is 0 Å². The summed E-state index contributed by atoms with van der Waals surface area (Å²) in [4.78, 5) is 16.1. The monoisotopic (exact) mass is 305 g/mol. The number of hydrogen-bond acceptors (Lipinski definition) is 4. The summed E-state index contributed by atoms with van der Waals surface area (Å²) in [5.41, 5.74) is 7.71. The van der Waals surface area contributed by atoms with Gasteiger partial charge in [-0.1, -0.05) is 17.7 Å². The first-order valence-corrected chi connectivity index (χ1v) is 6.81. The van der Waals surface area contributed by atoms with Gasteiger partial charge in [0.1, 0.15) is 5.75 Å². The number of ether oxygens (including phenoxy) is 1. The van der Waals surface area contributed by atoms with Gasteiger partial charge in [-0.2, -0.15) is 0 Å². The maximum absolute atomic E-state index is 11.8. The van der Waals surface area contributed by atoms with Crippen molar-refractivity contribution in [1.82, 2.24) is 4.98 Å². The maximum Gasteiger partial charge on any atom is 0.262 e. The first-order chi connectivity index (χ1) is 10.1. The number of aromatic nitrogens is 1. The fourth-order valence-electron chi connectivity index (χ4n) is 1.78. The van der Waals surface area contributed by atoms with E-state index in [-0.39, 0.29) is 19.1 Å². The zero-order valence-electron chi connectivity index (χ0n) is 11.6. The first-order valence-electron chi connectivity index (χ1n) is 6.43. The third-order valence-corrected chi connectivity index (χ3v) is 2.97. The van der Waals surface area contributed by atoms with Crippen LogP contribution in [0.25, 0.3) is 0 Å². The highest BCUT2D eigenvalue weighted by Crippen LogP contribution is 2.17. The van der Waals surface area contributed by atoms with E-state index in [9.17, 15) is 4.79 Å². The normalized spacial score (nSPS) is 10.2. The number of hydrogen-bond donors (Lipinski definition) is 2. The number of aryl methyl sites for hydroxylation is 1. The number of pyridine rings is 1. The highest BCUT2D eigenvalue weighted by Gasteiger charge is 2.08. The van der Waals surface area contributed by atoms with Gasteiger partial charge in [-0.15, -0.1) is 0 Å². The first kappa shape index (κ1) is 15.3. The van der Waals surface area contributed by atoms with Crippen LogP contribution >= 0.6 is 11.6 Å². The second-order valence-electron chi connectivity index (χ2n) is 4.45. The van der Waals surface area contributed by atoms with E-state index in [0.29, 0.717) is 22.2 Å². The highest BCUT2D eigenvalue weighted by atomic mass is 35.5. The lowest BCUT2D eigenvalue weighted by molar-refractivity contribution is -0.118. The number of carbonyl (C=O) groups is 1. The number of benzene rings is 1. The van der Waals surface area contributed by atoms with Gasteiger partial charge in [-0.25, -0.2) is 0 Å². The zero-order valence-corrected chi connectivity index (χ0v) is 12.4. The molecule has 0 saturated carbocycles. The molecule has 0 spiro atoms. The molecule has 0 bridgehead atoms. The molecule has 3 N–H and O–H groups in total. The molecule has 0 saturated heterocycles. The molecule has 0 radical (unpaired) electrons. The molecule has 0 aliphatic rings. The van der Waals surface area contributed by atoms with Gasteiger partial charge in [-0.05, 0) is 37.3 Å². The Morgan fingerprint density at radius 2 is 2.19 bits per heavy atom. The predicted octanol–water partition coefficient (Wildman–Crippen LogP) is 2.52. The quantitative estimate of drug-likeness (QED) is 0.890. The average Bonchev–Trinajstić information content (AvgIpc) is 2.45. The van der Waals surface area contributed by atoms with E-state index in [0.717, 1.165) is 5.69 Å². The van der Waals surface area contributed by atoms with Crippen LogP contribution < -0.4 is 15.8 Å². The van der Waals surface area contributed by atoms with Crippen molar-refractivity contribution in [2.24, 2.45) is 5.73 Å². The van der Waals surface area contributed by atoms with E-state index in [4.69, 9.17) is 22.1 Å². The Labute approximate surface area is 128 Å². The van der Waals surface area contributed by atoms with Crippen LogP contribution in [0, 0.1) is 6.92 Å². The molecule has 5 nitrogen and oxygen atoms in total. The fraction of sp³-hybridized carbons (Fsp3) is 0.200. The molecule has 21 heavy (non-hydrogen) atoms. The van der Waals surface area contributed by atoms with Crippen molar-refractivity contribution in [3.05, 3.63) is 52.8 Å². The summed E-state index contributed by atoms with van der Waals surface area (Å²) < 4.78 is 5.46. The van der Waals surface area contributed by atoms with Crippen LogP contribution in [0.5, 0.6) is 5.75 Å². The van der Waals surface area contributed by atoms with E-state index in [1.54, 1.807) is 30.3 Å². The molecule has 110 valence electrons. The number of nitrogens with two attached hydrogens (primary N) is 1. The van der Waals surface area contributed by atoms with E-state index < -0.39 is 0 Å². The smallest absolute Gasteiger partial charge is 0.262 e. The number of halogens is 1. The minimum Gasteiger partial charge on any atom is -0.482 e. The largest absolute Gasteiger partial charge is 0.482 e. The van der Waals surface area contributed by atoms with Crippen molar-refractivity contribution in [3.63, 3.8) is 0 Å². The molecule has 0 fully saturated rings. The highest BCUT2D eigenvalue weighted by molar-refractivity contribution is 6.30. The molecule has 1 aromatic carbocycles. The van der Waals surface area contributed by atoms with Crippen LogP contribution in [0.4, 0.5) is 5.69 Å². The summed E-state index contributed by atoms with van der Waals surface area (Å²) in [6.07, 6.45) is 0. The van der Waals surface area contributed by atoms with Gasteiger partial charge in [0.2, 0.25) is 0 Å². The van der Waals surface area contributed by atoms with E-state index in [2.05, 4.69) is 10.3 Å². The molecular weight excluding hydrogens is 290 g/mol. The average molecular weight is 306 g/mol. The minimum absolute atomic E-state index is 0.121. The van der Waals surface area contributed by atoms with Gasteiger partial charge in [0.15, 0.2) is 6.61 Å². The van der Waals surface area contributed by atoms with Crippen LogP contribution in [0.1, 0.15) is 11.4 Å². The minimum atomic E-state index is -0.277. The Hall–Kier alpha value is -2.11. The Bertz CT molecular complexity index is 647. The standard InChI is InChI=1S/C15H16ClN3O2/c1-10-5-6-14(13(8-17)18-10)21-9-15(20)19-12-4-2-3-11(16)7-12/h2-7H,8-9,17H2,1H3,(H,19,20). The van der Waals surface area contributed by atoms with E-state index in [1.165, 1.54) is 0 Å². The fourth-order valence-corrected chi connectivity index (χ4v) is 1.97. The summed E-state index contributed by atoms with van der Waals surface area (Å²) in [5, 5.41) is 3.26. The van der Waals surface area contributed by atoms with Crippen molar-refractivity contribution in [3.8, 4) is 5.75 Å². The molecule has 0 aliphatic heterocycles. The van der Waals surface area contributed by atoms with Crippen LogP contribution in [-0.4, -0.2) is 17.5 Å². The lowest BCUT2D eigenvalue weighted by Gasteiger charge is -2.10. The number of nitrogens with zero attached hydrogens (tertiary/aromatic N) is 1. The molecule has 2 aromatic rings. The van der Waals surface area contributed by atoms with Crippen molar-refractivity contribution >= 4 is 23.2 Å². The van der Waals surface area contributed by atoms with Gasteiger partial charge in [0.05, 0.1) is 5.69 Å². The van der Waals surface area contributed by atoms with Gasteiger partial charge >= 0.3 is 0 Å². The Morgan fingerprint density at radius 3 is 2.90 bits per heavy atom.